The maximum atomic E-state index is 11.9. The average molecular weight is 246 g/mol. The van der Waals surface area contributed by atoms with Gasteiger partial charge in [-0.15, -0.1) is 0 Å². The summed E-state index contributed by atoms with van der Waals surface area (Å²) >= 11 is 0. The molecule has 0 saturated heterocycles. The van der Waals surface area contributed by atoms with Crippen LogP contribution in [0.5, 0.6) is 0 Å². The Bertz CT molecular complexity index is 338. The van der Waals surface area contributed by atoms with Gasteiger partial charge in [0.15, 0.2) is 5.82 Å². The molecule has 1 atom stereocenters. The number of alkyl halides is 5. The van der Waals surface area contributed by atoms with E-state index < -0.39 is 43.3 Å². The van der Waals surface area contributed by atoms with Crippen LogP contribution < -0.4 is 0 Å². The van der Waals surface area contributed by atoms with Crippen molar-refractivity contribution in [3.05, 3.63) is 11.7 Å². The van der Waals surface area contributed by atoms with Crippen molar-refractivity contribution in [2.45, 2.75) is 31.5 Å². The zero-order chi connectivity index (χ0) is 12.3. The molecule has 0 aliphatic rings. The topological polar surface area (TPSA) is 59.2 Å². The molecular weight excluding hydrogens is 239 g/mol. The summed E-state index contributed by atoms with van der Waals surface area (Å²) in [5, 5.41) is 11.7. The summed E-state index contributed by atoms with van der Waals surface area (Å²) in [4.78, 5) is 3.23. The molecule has 0 aromatic carbocycles. The van der Waals surface area contributed by atoms with E-state index in [0.29, 0.717) is 0 Å². The SMILES string of the molecule is OC(Cc1nc(CC(F)(F)F)no1)C(F)F. The third kappa shape index (κ3) is 4.09. The molecule has 0 spiro atoms. The first-order valence-electron chi connectivity index (χ1n) is 4.12. The van der Waals surface area contributed by atoms with E-state index in [0.717, 1.165) is 0 Å². The fraction of sp³-hybridized carbons (Fsp3) is 0.714. The van der Waals surface area contributed by atoms with Crippen molar-refractivity contribution in [1.82, 2.24) is 10.1 Å². The highest BCUT2D eigenvalue weighted by molar-refractivity contribution is 4.90. The molecule has 1 aromatic heterocycles. The molecule has 4 nitrogen and oxygen atoms in total. The number of rotatable bonds is 4. The van der Waals surface area contributed by atoms with E-state index >= 15 is 0 Å². The summed E-state index contributed by atoms with van der Waals surface area (Å²) in [6.07, 6.45) is -11.6. The Hall–Kier alpha value is -1.25. The van der Waals surface area contributed by atoms with E-state index in [2.05, 4.69) is 14.7 Å². The molecule has 0 aliphatic heterocycles. The molecule has 1 heterocycles. The van der Waals surface area contributed by atoms with Gasteiger partial charge in [0, 0.05) is 0 Å². The second-order valence-corrected chi connectivity index (χ2v) is 3.00. The lowest BCUT2D eigenvalue weighted by Gasteiger charge is -2.04. The van der Waals surface area contributed by atoms with Crippen molar-refractivity contribution < 1.29 is 31.6 Å². The number of aliphatic hydroxyl groups is 1. The lowest BCUT2D eigenvalue weighted by Crippen LogP contribution is -2.20. The molecule has 0 amide bonds. The van der Waals surface area contributed by atoms with Gasteiger partial charge in [0.2, 0.25) is 5.89 Å². The number of hydrogen-bond acceptors (Lipinski definition) is 4. The van der Waals surface area contributed by atoms with E-state index in [4.69, 9.17) is 5.11 Å². The molecule has 1 unspecified atom stereocenters. The first-order chi connectivity index (χ1) is 7.28. The molecule has 0 saturated carbocycles. The lowest BCUT2D eigenvalue weighted by molar-refractivity contribution is -0.128. The van der Waals surface area contributed by atoms with Gasteiger partial charge in [-0.2, -0.15) is 18.2 Å². The molecule has 92 valence electrons. The zero-order valence-corrected chi connectivity index (χ0v) is 7.71. The van der Waals surface area contributed by atoms with Crippen LogP contribution in [0.4, 0.5) is 22.0 Å². The van der Waals surface area contributed by atoms with E-state index in [1.165, 1.54) is 0 Å². The monoisotopic (exact) mass is 246 g/mol. The molecule has 1 aromatic rings. The minimum atomic E-state index is -4.50. The molecule has 16 heavy (non-hydrogen) atoms. The van der Waals surface area contributed by atoms with E-state index in [1.807, 2.05) is 0 Å². The number of nitrogens with zero attached hydrogens (tertiary/aromatic N) is 2. The van der Waals surface area contributed by atoms with Gasteiger partial charge in [-0.25, -0.2) is 8.78 Å². The second kappa shape index (κ2) is 4.73. The van der Waals surface area contributed by atoms with Crippen LogP contribution in [-0.4, -0.2) is 34.0 Å². The molecule has 0 fully saturated rings. The minimum Gasteiger partial charge on any atom is -0.387 e. The van der Waals surface area contributed by atoms with Crippen molar-refractivity contribution in [2.75, 3.05) is 0 Å². The summed E-state index contributed by atoms with van der Waals surface area (Å²) in [5.74, 6) is -1.10. The van der Waals surface area contributed by atoms with Gasteiger partial charge in [-0.1, -0.05) is 5.16 Å². The summed E-state index contributed by atoms with van der Waals surface area (Å²) in [7, 11) is 0. The smallest absolute Gasteiger partial charge is 0.387 e. The van der Waals surface area contributed by atoms with Crippen molar-refractivity contribution >= 4 is 0 Å². The molecular formula is C7H7F5N2O2. The maximum Gasteiger partial charge on any atom is 0.396 e. The van der Waals surface area contributed by atoms with Gasteiger partial charge in [-0.3, -0.25) is 0 Å². The highest BCUT2D eigenvalue weighted by Crippen LogP contribution is 2.19. The predicted molar refractivity (Wildman–Crippen MR) is 39.8 cm³/mol. The van der Waals surface area contributed by atoms with Crippen molar-refractivity contribution in [3.8, 4) is 0 Å². The van der Waals surface area contributed by atoms with Crippen LogP contribution in [0.3, 0.4) is 0 Å². The standard InChI is InChI=1S/C7H7F5N2O2/c8-6(9)3(15)1-5-13-4(14-16-5)2-7(10,11)12/h3,6,15H,1-2H2. The minimum absolute atomic E-state index is 0.452. The van der Waals surface area contributed by atoms with Crippen molar-refractivity contribution in [2.24, 2.45) is 0 Å². The second-order valence-electron chi connectivity index (χ2n) is 3.00. The first-order valence-corrected chi connectivity index (χ1v) is 4.12. The van der Waals surface area contributed by atoms with Crippen LogP contribution in [0, 0.1) is 0 Å². The molecule has 0 aliphatic carbocycles. The molecule has 1 rings (SSSR count). The van der Waals surface area contributed by atoms with Gasteiger partial charge in [0.25, 0.3) is 6.43 Å². The van der Waals surface area contributed by atoms with E-state index in [-0.39, 0.29) is 0 Å². The van der Waals surface area contributed by atoms with Crippen molar-refractivity contribution in [3.63, 3.8) is 0 Å². The maximum absolute atomic E-state index is 11.9. The summed E-state index contributed by atoms with van der Waals surface area (Å²) in [6.45, 7) is 0. The number of hydrogen-bond donors (Lipinski definition) is 1. The number of halogens is 5. The average Bonchev–Trinajstić information content (AvgIpc) is 2.49. The van der Waals surface area contributed by atoms with E-state index in [9.17, 15) is 22.0 Å². The van der Waals surface area contributed by atoms with Crippen LogP contribution in [0.1, 0.15) is 11.7 Å². The highest BCUT2D eigenvalue weighted by atomic mass is 19.4. The quantitative estimate of drug-likeness (QED) is 0.814. The largest absolute Gasteiger partial charge is 0.396 e. The third-order valence-corrected chi connectivity index (χ3v) is 1.54. The highest BCUT2D eigenvalue weighted by Gasteiger charge is 2.31. The van der Waals surface area contributed by atoms with Crippen LogP contribution in [0.2, 0.25) is 0 Å². The molecule has 1 N–H and O–H groups in total. The third-order valence-electron chi connectivity index (χ3n) is 1.54. The number of aliphatic hydroxyl groups excluding tert-OH is 1. The Kier molecular flexibility index (Phi) is 3.79. The van der Waals surface area contributed by atoms with Gasteiger partial charge in [-0.05, 0) is 0 Å². The fourth-order valence-electron chi connectivity index (χ4n) is 0.892. The Morgan fingerprint density at radius 1 is 1.31 bits per heavy atom. The molecule has 0 bridgehead atoms. The Morgan fingerprint density at radius 3 is 2.44 bits per heavy atom. The predicted octanol–water partition coefficient (Wildman–Crippen LogP) is 1.34. The fourth-order valence-corrected chi connectivity index (χ4v) is 0.892. The zero-order valence-electron chi connectivity index (χ0n) is 7.71. The van der Waals surface area contributed by atoms with Crippen molar-refractivity contribution in [1.29, 1.82) is 0 Å². The van der Waals surface area contributed by atoms with Crippen LogP contribution >= 0.6 is 0 Å². The Balaban J connectivity index is 2.58. The number of aromatic nitrogens is 2. The first kappa shape index (κ1) is 12.8. The van der Waals surface area contributed by atoms with Gasteiger partial charge in [0.05, 0.1) is 6.42 Å². The Morgan fingerprint density at radius 2 is 1.94 bits per heavy atom. The van der Waals surface area contributed by atoms with Crippen LogP contribution in [0.25, 0.3) is 0 Å². The van der Waals surface area contributed by atoms with Gasteiger partial charge < -0.3 is 9.63 Å². The summed E-state index contributed by atoms with van der Waals surface area (Å²) in [5.41, 5.74) is 0. The summed E-state index contributed by atoms with van der Waals surface area (Å²) in [6, 6.07) is 0. The lowest BCUT2D eigenvalue weighted by atomic mass is 10.2. The van der Waals surface area contributed by atoms with E-state index in [1.54, 1.807) is 0 Å². The van der Waals surface area contributed by atoms with Gasteiger partial charge >= 0.3 is 6.18 Å². The molecule has 9 heteroatoms. The summed E-state index contributed by atoms with van der Waals surface area (Å²) < 4.78 is 63.6. The van der Waals surface area contributed by atoms with Crippen LogP contribution in [0.15, 0.2) is 4.52 Å². The van der Waals surface area contributed by atoms with Crippen LogP contribution in [-0.2, 0) is 12.8 Å². The van der Waals surface area contributed by atoms with Gasteiger partial charge in [0.1, 0.15) is 12.5 Å². The Labute approximate surface area is 86.1 Å². The molecule has 0 radical (unpaired) electrons. The normalized spacial score (nSPS) is 14.4.